The number of aromatic nitrogens is 2. The standard InChI is InChI=1S/C14H21N5S2/c1-8-10(3)20-13(19-8)7-17-14(15-5)16-6-12-9(2)18-11(4)21-12/h6-7H2,1-5H3,(H2,15,16,17). The van der Waals surface area contributed by atoms with E-state index in [1.807, 2.05) is 20.8 Å². The molecule has 0 aliphatic heterocycles. The van der Waals surface area contributed by atoms with E-state index in [4.69, 9.17) is 0 Å². The zero-order valence-electron chi connectivity index (χ0n) is 13.1. The Morgan fingerprint density at radius 2 is 1.71 bits per heavy atom. The van der Waals surface area contributed by atoms with Crippen LogP contribution in [0.5, 0.6) is 0 Å². The number of guanidine groups is 1. The predicted octanol–water partition coefficient (Wildman–Crippen LogP) is 2.70. The fourth-order valence-electron chi connectivity index (χ4n) is 1.90. The van der Waals surface area contributed by atoms with Gasteiger partial charge in [-0.2, -0.15) is 0 Å². The molecule has 0 saturated heterocycles. The largest absolute Gasteiger partial charge is 0.351 e. The van der Waals surface area contributed by atoms with Crippen LogP contribution in [-0.2, 0) is 13.1 Å². The molecule has 0 spiro atoms. The van der Waals surface area contributed by atoms with Gasteiger partial charge in [0.2, 0.25) is 0 Å². The minimum atomic E-state index is 0.694. The number of nitrogens with zero attached hydrogens (tertiary/aromatic N) is 3. The van der Waals surface area contributed by atoms with Gasteiger partial charge in [0.15, 0.2) is 5.96 Å². The molecule has 5 nitrogen and oxygen atoms in total. The summed E-state index contributed by atoms with van der Waals surface area (Å²) in [5.74, 6) is 0.783. The predicted molar refractivity (Wildman–Crippen MR) is 90.2 cm³/mol. The molecule has 21 heavy (non-hydrogen) atoms. The lowest BCUT2D eigenvalue weighted by atomic mass is 10.4. The van der Waals surface area contributed by atoms with Gasteiger partial charge in [-0.15, -0.1) is 22.7 Å². The molecular formula is C14H21N5S2. The third-order valence-electron chi connectivity index (χ3n) is 3.12. The van der Waals surface area contributed by atoms with E-state index in [0.717, 1.165) is 33.9 Å². The van der Waals surface area contributed by atoms with Crippen molar-refractivity contribution in [2.24, 2.45) is 4.99 Å². The minimum Gasteiger partial charge on any atom is -0.351 e. The summed E-state index contributed by atoms with van der Waals surface area (Å²) in [6.07, 6.45) is 0. The van der Waals surface area contributed by atoms with Gasteiger partial charge < -0.3 is 10.6 Å². The molecule has 2 aromatic heterocycles. The zero-order valence-corrected chi connectivity index (χ0v) is 14.7. The fourth-order valence-corrected chi connectivity index (χ4v) is 3.65. The SMILES string of the molecule is CN=C(NCc1nc(C)c(C)s1)NCc1sc(C)nc1C. The van der Waals surface area contributed by atoms with Crippen LogP contribution in [-0.4, -0.2) is 23.0 Å². The van der Waals surface area contributed by atoms with E-state index < -0.39 is 0 Å². The smallest absolute Gasteiger partial charge is 0.191 e. The third-order valence-corrected chi connectivity index (χ3v) is 5.27. The van der Waals surface area contributed by atoms with E-state index in [-0.39, 0.29) is 0 Å². The van der Waals surface area contributed by atoms with Gasteiger partial charge in [0.1, 0.15) is 5.01 Å². The summed E-state index contributed by atoms with van der Waals surface area (Å²) in [7, 11) is 1.78. The second kappa shape index (κ2) is 7.00. The molecule has 0 aliphatic rings. The van der Waals surface area contributed by atoms with Crippen molar-refractivity contribution >= 4 is 28.6 Å². The maximum absolute atomic E-state index is 4.52. The van der Waals surface area contributed by atoms with Crippen LogP contribution in [0.1, 0.15) is 31.2 Å². The van der Waals surface area contributed by atoms with Crippen molar-refractivity contribution in [2.45, 2.75) is 40.8 Å². The van der Waals surface area contributed by atoms with Crippen LogP contribution in [0.3, 0.4) is 0 Å². The molecule has 0 saturated carbocycles. The van der Waals surface area contributed by atoms with E-state index in [1.54, 1.807) is 29.7 Å². The highest BCUT2D eigenvalue weighted by atomic mass is 32.1. The van der Waals surface area contributed by atoms with Crippen LogP contribution in [0.2, 0.25) is 0 Å². The molecule has 0 radical (unpaired) electrons. The normalized spacial score (nSPS) is 11.8. The fraction of sp³-hybridized carbons (Fsp3) is 0.500. The summed E-state index contributed by atoms with van der Waals surface area (Å²) < 4.78 is 0. The molecule has 2 rings (SSSR count). The quantitative estimate of drug-likeness (QED) is 0.671. The molecule has 7 heteroatoms. The average Bonchev–Trinajstić information content (AvgIpc) is 2.92. The molecule has 2 heterocycles. The highest BCUT2D eigenvalue weighted by Gasteiger charge is 2.07. The summed E-state index contributed by atoms with van der Waals surface area (Å²) in [5.41, 5.74) is 2.20. The molecule has 0 amide bonds. The first-order chi connectivity index (χ1) is 9.99. The number of nitrogens with one attached hydrogen (secondary N) is 2. The number of aryl methyl sites for hydroxylation is 4. The summed E-state index contributed by atoms with van der Waals surface area (Å²) in [4.78, 5) is 15.7. The molecular weight excluding hydrogens is 302 g/mol. The summed E-state index contributed by atoms with van der Waals surface area (Å²) >= 11 is 3.44. The third kappa shape index (κ3) is 4.25. The molecule has 114 valence electrons. The Morgan fingerprint density at radius 3 is 2.24 bits per heavy atom. The van der Waals surface area contributed by atoms with Gasteiger partial charge in [-0.05, 0) is 27.7 Å². The Kier molecular flexibility index (Phi) is 5.30. The lowest BCUT2D eigenvalue weighted by molar-refractivity contribution is 0.805. The molecule has 2 N–H and O–H groups in total. The topological polar surface area (TPSA) is 62.2 Å². The molecule has 0 unspecified atom stereocenters. The van der Waals surface area contributed by atoms with E-state index in [1.165, 1.54) is 9.75 Å². The van der Waals surface area contributed by atoms with E-state index in [9.17, 15) is 0 Å². The van der Waals surface area contributed by atoms with Gasteiger partial charge >= 0.3 is 0 Å². The zero-order chi connectivity index (χ0) is 15.4. The van der Waals surface area contributed by atoms with Gasteiger partial charge in [0.05, 0.1) is 29.5 Å². The first-order valence-electron chi connectivity index (χ1n) is 6.80. The van der Waals surface area contributed by atoms with Gasteiger partial charge in [-0.25, -0.2) is 9.97 Å². The number of hydrogen-bond acceptors (Lipinski definition) is 5. The summed E-state index contributed by atoms with van der Waals surface area (Å²) in [6, 6.07) is 0. The molecule has 0 atom stereocenters. The number of rotatable bonds is 4. The monoisotopic (exact) mass is 323 g/mol. The van der Waals surface area contributed by atoms with Crippen molar-refractivity contribution in [1.29, 1.82) is 0 Å². The Hall–Kier alpha value is -1.47. The Balaban J connectivity index is 1.87. The van der Waals surface area contributed by atoms with Crippen molar-refractivity contribution in [1.82, 2.24) is 20.6 Å². The van der Waals surface area contributed by atoms with Crippen LogP contribution in [0.4, 0.5) is 0 Å². The van der Waals surface area contributed by atoms with Crippen molar-refractivity contribution in [3.05, 3.63) is 31.2 Å². The maximum atomic E-state index is 4.52. The van der Waals surface area contributed by atoms with Crippen molar-refractivity contribution in [3.8, 4) is 0 Å². The van der Waals surface area contributed by atoms with E-state index >= 15 is 0 Å². The summed E-state index contributed by atoms with van der Waals surface area (Å²) in [5, 5.41) is 8.79. The Labute approximate surface area is 133 Å². The van der Waals surface area contributed by atoms with E-state index in [0.29, 0.717) is 6.54 Å². The van der Waals surface area contributed by atoms with Gasteiger partial charge in [0, 0.05) is 16.8 Å². The highest BCUT2D eigenvalue weighted by molar-refractivity contribution is 7.11. The van der Waals surface area contributed by atoms with Crippen LogP contribution in [0, 0.1) is 27.7 Å². The minimum absolute atomic E-state index is 0.694. The Morgan fingerprint density at radius 1 is 1.00 bits per heavy atom. The van der Waals surface area contributed by atoms with E-state index in [2.05, 4.69) is 32.5 Å². The van der Waals surface area contributed by atoms with Crippen LogP contribution < -0.4 is 10.6 Å². The number of hydrogen-bond donors (Lipinski definition) is 2. The maximum Gasteiger partial charge on any atom is 0.191 e. The van der Waals surface area contributed by atoms with Crippen LogP contribution >= 0.6 is 22.7 Å². The number of thiazole rings is 2. The first-order valence-corrected chi connectivity index (χ1v) is 8.43. The van der Waals surface area contributed by atoms with Gasteiger partial charge in [-0.3, -0.25) is 4.99 Å². The van der Waals surface area contributed by atoms with Crippen molar-refractivity contribution in [2.75, 3.05) is 7.05 Å². The lowest BCUT2D eigenvalue weighted by Gasteiger charge is -2.10. The molecule has 0 bridgehead atoms. The number of aliphatic imine (C=N–C) groups is 1. The van der Waals surface area contributed by atoms with Crippen molar-refractivity contribution in [3.63, 3.8) is 0 Å². The molecule has 0 aromatic carbocycles. The Bertz CT molecular complexity index is 622. The second-order valence-electron chi connectivity index (χ2n) is 4.77. The van der Waals surface area contributed by atoms with Gasteiger partial charge in [-0.1, -0.05) is 0 Å². The van der Waals surface area contributed by atoms with Crippen LogP contribution in [0.15, 0.2) is 4.99 Å². The molecule has 0 aliphatic carbocycles. The summed E-state index contributed by atoms with van der Waals surface area (Å²) in [6.45, 7) is 9.64. The second-order valence-corrected chi connectivity index (χ2v) is 7.35. The lowest BCUT2D eigenvalue weighted by Crippen LogP contribution is -2.36. The molecule has 2 aromatic rings. The molecule has 0 fully saturated rings. The van der Waals surface area contributed by atoms with Crippen molar-refractivity contribution < 1.29 is 0 Å². The average molecular weight is 323 g/mol. The highest BCUT2D eigenvalue weighted by Crippen LogP contribution is 2.17. The van der Waals surface area contributed by atoms with Crippen LogP contribution in [0.25, 0.3) is 0 Å². The van der Waals surface area contributed by atoms with Gasteiger partial charge in [0.25, 0.3) is 0 Å². The first kappa shape index (κ1) is 15.9.